The Kier molecular flexibility index (Phi) is 3.60. The maximum Gasteiger partial charge on any atom is 0.272 e. The third-order valence-electron chi connectivity index (χ3n) is 3.95. The first-order valence-corrected chi connectivity index (χ1v) is 7.22. The Labute approximate surface area is 124 Å². The largest absolute Gasteiger partial charge is 0.381 e. The van der Waals surface area contributed by atoms with Gasteiger partial charge in [-0.05, 0) is 48.9 Å². The molecule has 21 heavy (non-hydrogen) atoms. The van der Waals surface area contributed by atoms with Crippen LogP contribution in [0.1, 0.15) is 35.4 Å². The zero-order chi connectivity index (χ0) is 14.8. The smallest absolute Gasteiger partial charge is 0.272 e. The number of benzene rings is 2. The molecule has 0 spiro atoms. The van der Waals surface area contributed by atoms with Crippen molar-refractivity contribution in [1.82, 2.24) is 0 Å². The Balaban J connectivity index is 1.73. The van der Waals surface area contributed by atoms with E-state index in [9.17, 15) is 10.1 Å². The molecule has 0 atom stereocenters. The van der Waals surface area contributed by atoms with Crippen LogP contribution in [0.25, 0.3) is 0 Å². The Bertz CT molecular complexity index is 678. The van der Waals surface area contributed by atoms with Crippen molar-refractivity contribution in [2.75, 3.05) is 5.32 Å². The fourth-order valence-electron chi connectivity index (χ4n) is 2.66. The zero-order valence-corrected chi connectivity index (χ0v) is 12.0. The van der Waals surface area contributed by atoms with Crippen molar-refractivity contribution < 1.29 is 4.92 Å². The molecular formula is C17H18N2O2. The molecule has 0 unspecified atom stereocenters. The van der Waals surface area contributed by atoms with Gasteiger partial charge in [0.25, 0.3) is 5.69 Å². The van der Waals surface area contributed by atoms with Gasteiger partial charge in [0, 0.05) is 23.9 Å². The van der Waals surface area contributed by atoms with Crippen molar-refractivity contribution in [3.05, 3.63) is 69.3 Å². The van der Waals surface area contributed by atoms with Crippen molar-refractivity contribution in [2.45, 2.75) is 32.2 Å². The number of nitro groups is 1. The van der Waals surface area contributed by atoms with Gasteiger partial charge in [0.2, 0.25) is 0 Å². The molecule has 0 bridgehead atoms. The van der Waals surface area contributed by atoms with E-state index in [-0.39, 0.29) is 10.6 Å². The van der Waals surface area contributed by atoms with Crippen LogP contribution in [0, 0.1) is 17.0 Å². The number of nitrogens with zero attached hydrogens (tertiary/aromatic N) is 1. The van der Waals surface area contributed by atoms with Crippen LogP contribution in [0.2, 0.25) is 0 Å². The van der Waals surface area contributed by atoms with E-state index >= 15 is 0 Å². The summed E-state index contributed by atoms with van der Waals surface area (Å²) in [6, 6.07) is 13.7. The van der Waals surface area contributed by atoms with Crippen LogP contribution < -0.4 is 5.32 Å². The van der Waals surface area contributed by atoms with Crippen molar-refractivity contribution in [2.24, 2.45) is 0 Å². The molecule has 0 radical (unpaired) electrons. The molecule has 2 aromatic carbocycles. The van der Waals surface area contributed by atoms with Gasteiger partial charge in [0.15, 0.2) is 0 Å². The second-order valence-electron chi connectivity index (χ2n) is 5.59. The van der Waals surface area contributed by atoms with Crippen LogP contribution in [0.4, 0.5) is 11.4 Å². The fourth-order valence-corrected chi connectivity index (χ4v) is 2.66. The summed E-state index contributed by atoms with van der Waals surface area (Å²) in [7, 11) is 0. The number of nitro benzene ring substituents is 1. The SMILES string of the molecule is Cc1cc(NCc2ccccc2C2CC2)ccc1[N+](=O)[O-]. The molecule has 0 amide bonds. The molecule has 0 aliphatic heterocycles. The molecule has 4 heteroatoms. The molecule has 1 aliphatic rings. The minimum Gasteiger partial charge on any atom is -0.381 e. The van der Waals surface area contributed by atoms with Gasteiger partial charge in [-0.25, -0.2) is 0 Å². The number of anilines is 1. The van der Waals surface area contributed by atoms with Gasteiger partial charge in [0.05, 0.1) is 4.92 Å². The van der Waals surface area contributed by atoms with E-state index in [2.05, 4.69) is 29.6 Å². The first-order chi connectivity index (χ1) is 10.1. The molecule has 0 heterocycles. The molecule has 0 aromatic heterocycles. The van der Waals surface area contributed by atoms with E-state index in [1.807, 2.05) is 6.07 Å². The van der Waals surface area contributed by atoms with E-state index in [0.717, 1.165) is 18.2 Å². The van der Waals surface area contributed by atoms with Crippen molar-refractivity contribution in [1.29, 1.82) is 0 Å². The maximum absolute atomic E-state index is 10.8. The Morgan fingerprint density at radius 1 is 1.24 bits per heavy atom. The highest BCUT2D eigenvalue weighted by atomic mass is 16.6. The molecular weight excluding hydrogens is 264 g/mol. The molecule has 1 aliphatic carbocycles. The predicted molar refractivity (Wildman–Crippen MR) is 83.6 cm³/mol. The molecule has 1 fully saturated rings. The lowest BCUT2D eigenvalue weighted by atomic mass is 10.0. The van der Waals surface area contributed by atoms with Crippen LogP contribution in [0.15, 0.2) is 42.5 Å². The second-order valence-corrected chi connectivity index (χ2v) is 5.59. The molecule has 1 saturated carbocycles. The third kappa shape index (κ3) is 3.05. The molecule has 0 saturated heterocycles. The summed E-state index contributed by atoms with van der Waals surface area (Å²) in [4.78, 5) is 10.5. The Hall–Kier alpha value is -2.36. The first-order valence-electron chi connectivity index (χ1n) is 7.22. The lowest BCUT2D eigenvalue weighted by Gasteiger charge is -2.11. The van der Waals surface area contributed by atoms with E-state index in [1.165, 1.54) is 24.0 Å². The second kappa shape index (κ2) is 5.56. The van der Waals surface area contributed by atoms with Crippen molar-refractivity contribution in [3.8, 4) is 0 Å². The first kappa shape index (κ1) is 13.6. The van der Waals surface area contributed by atoms with Gasteiger partial charge in [-0.3, -0.25) is 10.1 Å². The summed E-state index contributed by atoms with van der Waals surface area (Å²) < 4.78 is 0. The summed E-state index contributed by atoms with van der Waals surface area (Å²) in [5.41, 5.74) is 4.52. The predicted octanol–water partition coefficient (Wildman–Crippen LogP) is 4.39. The molecule has 2 aromatic rings. The van der Waals surface area contributed by atoms with Gasteiger partial charge in [-0.15, -0.1) is 0 Å². The highest BCUT2D eigenvalue weighted by Crippen LogP contribution is 2.41. The van der Waals surface area contributed by atoms with Crippen molar-refractivity contribution in [3.63, 3.8) is 0 Å². The lowest BCUT2D eigenvalue weighted by molar-refractivity contribution is -0.385. The van der Waals surface area contributed by atoms with Crippen LogP contribution in [-0.4, -0.2) is 4.92 Å². The van der Waals surface area contributed by atoms with Gasteiger partial charge in [0.1, 0.15) is 0 Å². The summed E-state index contributed by atoms with van der Waals surface area (Å²) in [5.74, 6) is 0.724. The van der Waals surface area contributed by atoms with Crippen LogP contribution in [0.5, 0.6) is 0 Å². The minimum absolute atomic E-state index is 0.166. The molecule has 4 nitrogen and oxygen atoms in total. The van der Waals surface area contributed by atoms with E-state index in [0.29, 0.717) is 5.56 Å². The number of rotatable bonds is 5. The van der Waals surface area contributed by atoms with Gasteiger partial charge in [-0.1, -0.05) is 24.3 Å². The highest BCUT2D eigenvalue weighted by Gasteiger charge is 2.25. The summed E-state index contributed by atoms with van der Waals surface area (Å²) in [5, 5.41) is 14.2. The number of aryl methyl sites for hydroxylation is 1. The third-order valence-corrected chi connectivity index (χ3v) is 3.95. The maximum atomic E-state index is 10.8. The fraction of sp³-hybridized carbons (Fsp3) is 0.294. The Morgan fingerprint density at radius 3 is 2.67 bits per heavy atom. The Morgan fingerprint density at radius 2 is 2.00 bits per heavy atom. The van der Waals surface area contributed by atoms with Gasteiger partial charge >= 0.3 is 0 Å². The number of hydrogen-bond donors (Lipinski definition) is 1. The van der Waals surface area contributed by atoms with Gasteiger partial charge < -0.3 is 5.32 Å². The summed E-state index contributed by atoms with van der Waals surface area (Å²) in [6.45, 7) is 2.52. The minimum atomic E-state index is -0.346. The van der Waals surface area contributed by atoms with Crippen molar-refractivity contribution >= 4 is 11.4 Å². The lowest BCUT2D eigenvalue weighted by Crippen LogP contribution is -2.03. The summed E-state index contributed by atoms with van der Waals surface area (Å²) in [6.07, 6.45) is 2.57. The molecule has 1 N–H and O–H groups in total. The average Bonchev–Trinajstić information content (AvgIpc) is 3.29. The standard InChI is InChI=1S/C17H18N2O2/c1-12-10-15(8-9-17(12)19(20)21)18-11-14-4-2-3-5-16(14)13-6-7-13/h2-5,8-10,13,18H,6-7,11H2,1H3. The average molecular weight is 282 g/mol. The van der Waals surface area contributed by atoms with E-state index in [1.54, 1.807) is 19.1 Å². The van der Waals surface area contributed by atoms with E-state index in [4.69, 9.17) is 0 Å². The van der Waals surface area contributed by atoms with E-state index < -0.39 is 0 Å². The van der Waals surface area contributed by atoms with Crippen LogP contribution >= 0.6 is 0 Å². The van der Waals surface area contributed by atoms with Gasteiger partial charge in [-0.2, -0.15) is 0 Å². The quantitative estimate of drug-likeness (QED) is 0.653. The van der Waals surface area contributed by atoms with Crippen LogP contribution in [-0.2, 0) is 6.54 Å². The highest BCUT2D eigenvalue weighted by molar-refractivity contribution is 5.54. The van der Waals surface area contributed by atoms with Crippen LogP contribution in [0.3, 0.4) is 0 Å². The topological polar surface area (TPSA) is 55.2 Å². The zero-order valence-electron chi connectivity index (χ0n) is 12.0. The molecule has 3 rings (SSSR count). The monoisotopic (exact) mass is 282 g/mol. The number of nitrogens with one attached hydrogen (secondary N) is 1. The molecule has 108 valence electrons. The normalized spacial score (nSPS) is 14.0. The number of hydrogen-bond acceptors (Lipinski definition) is 3. The summed E-state index contributed by atoms with van der Waals surface area (Å²) >= 11 is 0.